The predicted octanol–water partition coefficient (Wildman–Crippen LogP) is 3.49. The molecule has 2 aliphatic heterocycles. The SMILES string of the molecule is COC(=O)/C=C(/OC)C(C)C(/C=C/c1csc(C2CSC(C3(C)CO3)=N2)n1)OC. The van der Waals surface area contributed by atoms with Gasteiger partial charge in [-0.2, -0.15) is 0 Å². The summed E-state index contributed by atoms with van der Waals surface area (Å²) in [5, 5.41) is 4.09. The number of thioether (sulfide) groups is 1. The summed E-state index contributed by atoms with van der Waals surface area (Å²) < 4.78 is 21.1. The fraction of sp³-hybridized carbons (Fsp3) is 0.550. The summed E-state index contributed by atoms with van der Waals surface area (Å²) in [6, 6.07) is 0.0865. The highest BCUT2D eigenvalue weighted by molar-refractivity contribution is 8.14. The van der Waals surface area contributed by atoms with E-state index in [-0.39, 0.29) is 23.7 Å². The molecule has 9 heteroatoms. The van der Waals surface area contributed by atoms with Crippen LogP contribution in [0.1, 0.15) is 30.6 Å². The average molecular weight is 439 g/mol. The number of carbonyl (C=O) groups is 1. The first kappa shape index (κ1) is 22.0. The first-order chi connectivity index (χ1) is 13.9. The molecule has 7 nitrogen and oxygen atoms in total. The van der Waals surface area contributed by atoms with Crippen LogP contribution < -0.4 is 0 Å². The third-order valence-electron chi connectivity index (χ3n) is 4.87. The van der Waals surface area contributed by atoms with E-state index in [0.717, 1.165) is 28.1 Å². The minimum Gasteiger partial charge on any atom is -0.500 e. The van der Waals surface area contributed by atoms with Gasteiger partial charge in [-0.3, -0.25) is 4.99 Å². The Morgan fingerprint density at radius 1 is 1.38 bits per heavy atom. The third kappa shape index (κ3) is 5.28. The first-order valence-corrected chi connectivity index (χ1v) is 11.1. The van der Waals surface area contributed by atoms with E-state index >= 15 is 0 Å². The second kappa shape index (κ2) is 9.42. The van der Waals surface area contributed by atoms with Crippen LogP contribution in [-0.4, -0.2) is 61.4 Å². The van der Waals surface area contributed by atoms with Crippen LogP contribution in [-0.2, 0) is 23.7 Å². The number of methoxy groups -OCH3 is 3. The van der Waals surface area contributed by atoms with Gasteiger partial charge in [-0.25, -0.2) is 9.78 Å². The second-order valence-electron chi connectivity index (χ2n) is 7.01. The molecule has 3 rings (SSSR count). The van der Waals surface area contributed by atoms with E-state index in [9.17, 15) is 4.79 Å². The standard InChI is InChI=1S/C20H26N2O5S2/c1-12(16(25-4)8-17(23)26-5)15(24-3)7-6-13-9-28-18(21-13)14-10-29-19(22-14)20(2)11-27-20/h6-9,12,14-15H,10-11H2,1-5H3/b7-6+,16-8+. The van der Waals surface area contributed by atoms with E-state index in [1.807, 2.05) is 24.5 Å². The van der Waals surface area contributed by atoms with E-state index in [0.29, 0.717) is 5.76 Å². The number of nitrogens with zero attached hydrogens (tertiary/aromatic N) is 2. The van der Waals surface area contributed by atoms with Crippen molar-refractivity contribution in [2.24, 2.45) is 10.9 Å². The van der Waals surface area contributed by atoms with Crippen LogP contribution in [0, 0.1) is 5.92 Å². The number of thiazole rings is 1. The van der Waals surface area contributed by atoms with Gasteiger partial charge in [-0.15, -0.1) is 23.1 Å². The lowest BCUT2D eigenvalue weighted by Gasteiger charge is -2.21. The lowest BCUT2D eigenvalue weighted by atomic mass is 10.0. The minimum absolute atomic E-state index is 0.0865. The number of hydrogen-bond acceptors (Lipinski definition) is 9. The zero-order valence-electron chi connectivity index (χ0n) is 17.2. The number of epoxide rings is 1. The summed E-state index contributed by atoms with van der Waals surface area (Å²) >= 11 is 3.37. The molecule has 0 N–H and O–H groups in total. The molecule has 1 aromatic rings. The molecule has 0 aliphatic carbocycles. The van der Waals surface area contributed by atoms with Crippen LogP contribution >= 0.6 is 23.1 Å². The van der Waals surface area contributed by atoms with E-state index in [1.54, 1.807) is 30.2 Å². The molecule has 0 aromatic carbocycles. The molecular formula is C20H26N2O5S2. The molecule has 29 heavy (non-hydrogen) atoms. The molecule has 1 saturated heterocycles. The Labute approximate surface area is 179 Å². The largest absolute Gasteiger partial charge is 0.500 e. The number of rotatable bonds is 9. The number of esters is 1. The van der Waals surface area contributed by atoms with Crippen molar-refractivity contribution in [3.63, 3.8) is 0 Å². The molecule has 3 heterocycles. The Kier molecular flexibility index (Phi) is 7.15. The topological polar surface area (TPSA) is 82.5 Å². The summed E-state index contributed by atoms with van der Waals surface area (Å²) in [4.78, 5) is 21.0. The van der Waals surface area contributed by atoms with Crippen LogP contribution in [0.5, 0.6) is 0 Å². The zero-order valence-corrected chi connectivity index (χ0v) is 18.8. The summed E-state index contributed by atoms with van der Waals surface area (Å²) in [6.45, 7) is 4.75. The van der Waals surface area contributed by atoms with Crippen molar-refractivity contribution in [3.05, 3.63) is 34.0 Å². The number of carbonyl (C=O) groups excluding carboxylic acids is 1. The second-order valence-corrected chi connectivity index (χ2v) is 8.91. The molecule has 0 amide bonds. The van der Waals surface area contributed by atoms with Gasteiger partial charge in [-0.1, -0.05) is 13.0 Å². The minimum atomic E-state index is -0.462. The predicted molar refractivity (Wildman–Crippen MR) is 115 cm³/mol. The van der Waals surface area contributed by atoms with Crippen LogP contribution in [0.4, 0.5) is 0 Å². The Morgan fingerprint density at radius 2 is 2.14 bits per heavy atom. The summed E-state index contributed by atoms with van der Waals surface area (Å²) in [5.41, 5.74) is 0.690. The highest BCUT2D eigenvalue weighted by atomic mass is 32.2. The Balaban J connectivity index is 1.66. The van der Waals surface area contributed by atoms with Crippen molar-refractivity contribution in [2.75, 3.05) is 33.7 Å². The summed E-state index contributed by atoms with van der Waals surface area (Å²) in [7, 11) is 4.48. The Hall–Kier alpha value is -1.68. The van der Waals surface area contributed by atoms with Crippen LogP contribution in [0.25, 0.3) is 6.08 Å². The van der Waals surface area contributed by atoms with Crippen LogP contribution in [0.3, 0.4) is 0 Å². The van der Waals surface area contributed by atoms with Gasteiger partial charge < -0.3 is 18.9 Å². The molecule has 158 valence electrons. The van der Waals surface area contributed by atoms with Gasteiger partial charge >= 0.3 is 5.97 Å². The highest BCUT2D eigenvalue weighted by Gasteiger charge is 2.47. The average Bonchev–Trinajstić information content (AvgIpc) is 3.14. The molecule has 0 bridgehead atoms. The van der Waals surface area contributed by atoms with Gasteiger partial charge in [0.1, 0.15) is 27.5 Å². The van der Waals surface area contributed by atoms with Gasteiger partial charge in [0.2, 0.25) is 0 Å². The maximum absolute atomic E-state index is 11.5. The smallest absolute Gasteiger partial charge is 0.333 e. The van der Waals surface area contributed by atoms with Crippen molar-refractivity contribution in [1.82, 2.24) is 4.98 Å². The molecule has 0 spiro atoms. The third-order valence-corrected chi connectivity index (χ3v) is 7.13. The number of aromatic nitrogens is 1. The quantitative estimate of drug-likeness (QED) is 0.253. The maximum Gasteiger partial charge on any atom is 0.333 e. The van der Waals surface area contributed by atoms with E-state index < -0.39 is 5.97 Å². The van der Waals surface area contributed by atoms with Crippen molar-refractivity contribution < 1.29 is 23.7 Å². The van der Waals surface area contributed by atoms with E-state index in [1.165, 1.54) is 20.3 Å². The Morgan fingerprint density at radius 3 is 2.76 bits per heavy atom. The van der Waals surface area contributed by atoms with E-state index in [2.05, 4.69) is 11.7 Å². The van der Waals surface area contributed by atoms with Gasteiger partial charge in [0.25, 0.3) is 0 Å². The molecule has 4 atom stereocenters. The van der Waals surface area contributed by atoms with Crippen molar-refractivity contribution >= 4 is 40.2 Å². The first-order valence-electron chi connectivity index (χ1n) is 9.25. The summed E-state index contributed by atoms with van der Waals surface area (Å²) in [6.07, 6.45) is 4.90. The van der Waals surface area contributed by atoms with Crippen molar-refractivity contribution in [3.8, 4) is 0 Å². The fourth-order valence-electron chi connectivity index (χ4n) is 2.91. The van der Waals surface area contributed by atoms with Gasteiger partial charge in [-0.05, 0) is 13.0 Å². The van der Waals surface area contributed by atoms with Gasteiger partial charge in [0.05, 0.1) is 38.7 Å². The number of aliphatic imine (C=N–C) groups is 1. The van der Waals surface area contributed by atoms with Gasteiger partial charge in [0, 0.05) is 24.2 Å². The molecule has 0 radical (unpaired) electrons. The fourth-order valence-corrected chi connectivity index (χ4v) is 5.01. The molecule has 0 saturated carbocycles. The van der Waals surface area contributed by atoms with Crippen molar-refractivity contribution in [1.29, 1.82) is 0 Å². The van der Waals surface area contributed by atoms with E-state index in [4.69, 9.17) is 24.2 Å². The zero-order chi connectivity index (χ0) is 21.0. The lowest BCUT2D eigenvalue weighted by molar-refractivity contribution is -0.135. The number of ether oxygens (including phenoxy) is 4. The highest BCUT2D eigenvalue weighted by Crippen LogP contribution is 2.41. The molecule has 1 fully saturated rings. The lowest BCUT2D eigenvalue weighted by Crippen LogP contribution is -2.21. The summed E-state index contributed by atoms with van der Waals surface area (Å²) in [5.74, 6) is 0.763. The molecule has 2 aliphatic rings. The Bertz CT molecular complexity index is 829. The van der Waals surface area contributed by atoms with Crippen LogP contribution in [0.15, 0.2) is 28.3 Å². The molecular weight excluding hydrogens is 412 g/mol. The number of hydrogen-bond donors (Lipinski definition) is 0. The monoisotopic (exact) mass is 438 g/mol. The normalized spacial score (nSPS) is 26.3. The maximum atomic E-state index is 11.5. The van der Waals surface area contributed by atoms with Crippen LogP contribution in [0.2, 0.25) is 0 Å². The van der Waals surface area contributed by atoms with Crippen molar-refractivity contribution in [2.45, 2.75) is 31.6 Å². The molecule has 4 unspecified atom stereocenters. The molecule has 1 aromatic heterocycles. The van der Waals surface area contributed by atoms with Gasteiger partial charge in [0.15, 0.2) is 0 Å².